The summed E-state index contributed by atoms with van der Waals surface area (Å²) in [6.45, 7) is 4.65. The van der Waals surface area contributed by atoms with Crippen LogP contribution in [0.25, 0.3) is 38.9 Å². The minimum absolute atomic E-state index is 0.495. The highest BCUT2D eigenvalue weighted by Gasteiger charge is 2.19. The van der Waals surface area contributed by atoms with E-state index in [2.05, 4.69) is 46.3 Å². The molecule has 0 N–H and O–H groups in total. The minimum atomic E-state index is 0.495. The van der Waals surface area contributed by atoms with Crippen molar-refractivity contribution in [3.8, 4) is 34.5 Å². The third-order valence-corrected chi connectivity index (χ3v) is 6.91. The SMILES string of the molecule is CN1CCCCC1.COc1nc(-c2ccc(C#N)cc2)c(-c2ccc3c(c2)c(C)nn3C)n2cncc12. The van der Waals surface area contributed by atoms with Gasteiger partial charge >= 0.3 is 0 Å². The van der Waals surface area contributed by atoms with Crippen LogP contribution in [0.3, 0.4) is 0 Å². The molecule has 0 radical (unpaired) electrons. The second-order valence-electron chi connectivity index (χ2n) is 9.46. The average Bonchev–Trinajstić information content (AvgIpc) is 3.53. The van der Waals surface area contributed by atoms with Gasteiger partial charge in [0.25, 0.3) is 0 Å². The van der Waals surface area contributed by atoms with E-state index in [1.807, 2.05) is 35.2 Å². The molecule has 0 atom stereocenters. The van der Waals surface area contributed by atoms with Gasteiger partial charge in [-0.05, 0) is 64.2 Å². The Labute approximate surface area is 216 Å². The number of aryl methyl sites for hydroxylation is 2. The van der Waals surface area contributed by atoms with Gasteiger partial charge in [-0.15, -0.1) is 0 Å². The first-order valence-electron chi connectivity index (χ1n) is 12.5. The highest BCUT2D eigenvalue weighted by molar-refractivity contribution is 5.90. The predicted molar refractivity (Wildman–Crippen MR) is 145 cm³/mol. The van der Waals surface area contributed by atoms with E-state index in [4.69, 9.17) is 15.0 Å². The maximum absolute atomic E-state index is 9.15. The molecule has 8 nitrogen and oxygen atoms in total. The Morgan fingerprint density at radius 1 is 0.946 bits per heavy atom. The number of fused-ring (bicyclic) bond motifs is 2. The largest absolute Gasteiger partial charge is 0.479 e. The van der Waals surface area contributed by atoms with Gasteiger partial charge in [0.1, 0.15) is 5.52 Å². The first kappa shape index (κ1) is 24.5. The van der Waals surface area contributed by atoms with Crippen molar-refractivity contribution in [2.75, 3.05) is 27.2 Å². The number of likely N-dealkylation sites (tertiary alicyclic amines) is 1. The Hall–Kier alpha value is -4.22. The highest BCUT2D eigenvalue weighted by atomic mass is 16.5. The van der Waals surface area contributed by atoms with Gasteiger partial charge < -0.3 is 9.64 Å². The van der Waals surface area contributed by atoms with Crippen molar-refractivity contribution in [3.05, 3.63) is 66.2 Å². The number of ether oxygens (including phenoxy) is 1. The lowest BCUT2D eigenvalue weighted by Gasteiger charge is -2.20. The van der Waals surface area contributed by atoms with Crippen molar-refractivity contribution in [1.29, 1.82) is 5.26 Å². The Balaban J connectivity index is 0.000000348. The van der Waals surface area contributed by atoms with Crippen LogP contribution in [-0.4, -0.2) is 56.3 Å². The fraction of sp³-hybridized carbons (Fsp3) is 0.310. The van der Waals surface area contributed by atoms with Gasteiger partial charge in [-0.1, -0.05) is 24.6 Å². The molecule has 0 spiro atoms. The summed E-state index contributed by atoms with van der Waals surface area (Å²) in [5.74, 6) is 0.495. The zero-order valence-corrected chi connectivity index (χ0v) is 21.8. The van der Waals surface area contributed by atoms with Crippen molar-refractivity contribution in [2.24, 2.45) is 7.05 Å². The lowest BCUT2D eigenvalue weighted by Crippen LogP contribution is -2.24. The Bertz CT molecular complexity index is 1590. The molecule has 5 aromatic rings. The molecule has 188 valence electrons. The molecule has 2 aromatic carbocycles. The molecule has 0 amide bonds. The van der Waals surface area contributed by atoms with Gasteiger partial charge in [0, 0.05) is 23.6 Å². The van der Waals surface area contributed by atoms with Gasteiger partial charge in [-0.2, -0.15) is 10.4 Å². The lowest BCUT2D eigenvalue weighted by molar-refractivity contribution is 0.277. The fourth-order valence-electron chi connectivity index (χ4n) is 4.93. The van der Waals surface area contributed by atoms with E-state index in [1.54, 1.807) is 31.8 Å². The van der Waals surface area contributed by atoms with Gasteiger partial charge in [0.2, 0.25) is 5.88 Å². The molecule has 0 bridgehead atoms. The van der Waals surface area contributed by atoms with Gasteiger partial charge in [-0.3, -0.25) is 9.08 Å². The van der Waals surface area contributed by atoms with Gasteiger partial charge in [0.05, 0.1) is 53.9 Å². The number of aromatic nitrogens is 5. The van der Waals surface area contributed by atoms with E-state index in [-0.39, 0.29) is 0 Å². The fourth-order valence-corrected chi connectivity index (χ4v) is 4.93. The van der Waals surface area contributed by atoms with E-state index in [0.717, 1.165) is 44.6 Å². The summed E-state index contributed by atoms with van der Waals surface area (Å²) in [5, 5.41) is 14.8. The van der Waals surface area contributed by atoms with Crippen LogP contribution >= 0.6 is 0 Å². The number of imidazole rings is 1. The number of rotatable bonds is 3. The summed E-state index contributed by atoms with van der Waals surface area (Å²) >= 11 is 0. The summed E-state index contributed by atoms with van der Waals surface area (Å²) in [7, 11) is 5.74. The van der Waals surface area contributed by atoms with E-state index >= 15 is 0 Å². The molecular formula is C29H31N7O. The van der Waals surface area contributed by atoms with Gasteiger partial charge in [-0.25, -0.2) is 9.97 Å². The molecule has 1 saturated heterocycles. The zero-order chi connectivity index (χ0) is 25.9. The molecule has 0 saturated carbocycles. The summed E-state index contributed by atoms with van der Waals surface area (Å²) < 4.78 is 9.42. The predicted octanol–water partition coefficient (Wildman–Crippen LogP) is 5.24. The number of hydrogen-bond acceptors (Lipinski definition) is 6. The smallest absolute Gasteiger partial charge is 0.240 e. The number of methoxy groups -OCH3 is 1. The minimum Gasteiger partial charge on any atom is -0.479 e. The third-order valence-electron chi connectivity index (χ3n) is 6.91. The molecular weight excluding hydrogens is 462 g/mol. The molecule has 0 unspecified atom stereocenters. The number of benzene rings is 2. The van der Waals surface area contributed by atoms with Crippen molar-refractivity contribution in [2.45, 2.75) is 26.2 Å². The molecule has 0 aliphatic carbocycles. The van der Waals surface area contributed by atoms with Crippen LogP contribution in [0, 0.1) is 18.3 Å². The summed E-state index contributed by atoms with van der Waals surface area (Å²) in [6, 6.07) is 15.8. The first-order valence-corrected chi connectivity index (χ1v) is 12.5. The Kier molecular flexibility index (Phi) is 6.89. The molecule has 1 fully saturated rings. The zero-order valence-electron chi connectivity index (χ0n) is 21.8. The molecule has 4 heterocycles. The second-order valence-corrected chi connectivity index (χ2v) is 9.46. The Morgan fingerprint density at radius 2 is 1.68 bits per heavy atom. The first-order chi connectivity index (χ1) is 18.0. The van der Waals surface area contributed by atoms with E-state index in [1.165, 1.54) is 32.4 Å². The number of hydrogen-bond donors (Lipinski definition) is 0. The molecule has 37 heavy (non-hydrogen) atoms. The normalized spacial score (nSPS) is 13.8. The molecule has 1 aliphatic heterocycles. The lowest BCUT2D eigenvalue weighted by atomic mass is 10.0. The van der Waals surface area contributed by atoms with Crippen molar-refractivity contribution >= 4 is 16.4 Å². The van der Waals surface area contributed by atoms with Crippen LogP contribution in [0.1, 0.15) is 30.5 Å². The van der Waals surface area contributed by atoms with E-state index < -0.39 is 0 Å². The number of piperidine rings is 1. The van der Waals surface area contributed by atoms with Gasteiger partial charge in [0.15, 0.2) is 0 Å². The van der Waals surface area contributed by atoms with Crippen molar-refractivity contribution in [3.63, 3.8) is 0 Å². The second kappa shape index (κ2) is 10.4. The molecule has 1 aliphatic rings. The van der Waals surface area contributed by atoms with Crippen LogP contribution in [0.2, 0.25) is 0 Å². The average molecular weight is 494 g/mol. The van der Waals surface area contributed by atoms with Crippen molar-refractivity contribution in [1.82, 2.24) is 29.0 Å². The quantitative estimate of drug-likeness (QED) is 0.342. The standard InChI is InChI=1S/C23H18N6O.C6H13N/c1-14-18-10-17(8-9-19(18)28(2)27-14)22-21(16-6-4-15(11-24)5-7-16)26-23(30-3)20-12-25-13-29(20)22;1-7-5-3-2-4-6-7/h4-10,12-13H,1-3H3;2-6H2,1H3. The maximum atomic E-state index is 9.15. The summed E-state index contributed by atoms with van der Waals surface area (Å²) in [4.78, 5) is 11.5. The molecule has 8 heteroatoms. The van der Waals surface area contributed by atoms with Crippen LogP contribution in [0.15, 0.2) is 55.0 Å². The van der Waals surface area contributed by atoms with E-state index in [0.29, 0.717) is 11.4 Å². The van der Waals surface area contributed by atoms with Crippen molar-refractivity contribution < 1.29 is 4.74 Å². The summed E-state index contributed by atoms with van der Waals surface area (Å²) in [6.07, 6.45) is 7.78. The Morgan fingerprint density at radius 3 is 2.32 bits per heavy atom. The topological polar surface area (TPSA) is 84.3 Å². The number of nitrogens with zero attached hydrogens (tertiary/aromatic N) is 7. The highest BCUT2D eigenvalue weighted by Crippen LogP contribution is 2.36. The maximum Gasteiger partial charge on any atom is 0.240 e. The molecule has 3 aromatic heterocycles. The third kappa shape index (κ3) is 4.78. The monoisotopic (exact) mass is 493 g/mol. The summed E-state index contributed by atoms with van der Waals surface area (Å²) in [5.41, 5.74) is 6.96. The van der Waals surface area contributed by atoms with Crippen LogP contribution in [-0.2, 0) is 7.05 Å². The van der Waals surface area contributed by atoms with Crippen LogP contribution in [0.5, 0.6) is 5.88 Å². The van der Waals surface area contributed by atoms with Crippen LogP contribution < -0.4 is 4.74 Å². The number of nitriles is 1. The molecule has 6 rings (SSSR count). The van der Waals surface area contributed by atoms with Crippen LogP contribution in [0.4, 0.5) is 0 Å². The van der Waals surface area contributed by atoms with E-state index in [9.17, 15) is 0 Å².